The van der Waals surface area contributed by atoms with E-state index >= 15 is 0 Å². The third-order valence-electron chi connectivity index (χ3n) is 3.21. The molecule has 7 nitrogen and oxygen atoms in total. The second kappa shape index (κ2) is 6.69. The number of hydrogen-bond acceptors (Lipinski definition) is 5. The zero-order valence-corrected chi connectivity index (χ0v) is 12.6. The average Bonchev–Trinajstić information content (AvgIpc) is 2.52. The van der Waals surface area contributed by atoms with Crippen LogP contribution in [0.15, 0.2) is 41.5 Å². The van der Waals surface area contributed by atoms with Crippen LogP contribution in [0.25, 0.3) is 0 Å². The molecule has 0 unspecified atom stereocenters. The molecule has 0 heterocycles. The molecule has 23 heavy (non-hydrogen) atoms. The first kappa shape index (κ1) is 16.2. The maximum Gasteiger partial charge on any atom is 0.271 e. The number of amides is 1. The van der Waals surface area contributed by atoms with Gasteiger partial charge in [0, 0.05) is 17.7 Å². The predicted molar refractivity (Wildman–Crippen MR) is 85.7 cm³/mol. The van der Waals surface area contributed by atoms with Crippen molar-refractivity contribution in [2.45, 2.75) is 13.8 Å². The molecular weight excluding hydrogens is 298 g/mol. The number of phenolic OH excluding ortho intramolecular Hbond substituents is 1. The van der Waals surface area contributed by atoms with E-state index < -0.39 is 10.8 Å². The Morgan fingerprint density at radius 3 is 2.52 bits per heavy atom. The molecule has 2 aromatic carbocycles. The number of hydrazone groups is 1. The van der Waals surface area contributed by atoms with Gasteiger partial charge in [0.1, 0.15) is 5.75 Å². The number of hydrogen-bond donors (Lipinski definition) is 2. The Balaban J connectivity index is 2.10. The van der Waals surface area contributed by atoms with Gasteiger partial charge in [-0.05, 0) is 48.7 Å². The van der Waals surface area contributed by atoms with Crippen molar-refractivity contribution in [1.82, 2.24) is 5.43 Å². The summed E-state index contributed by atoms with van der Waals surface area (Å²) in [6.45, 7) is 3.53. The zero-order valence-electron chi connectivity index (χ0n) is 12.6. The molecule has 118 valence electrons. The van der Waals surface area contributed by atoms with Gasteiger partial charge < -0.3 is 5.11 Å². The maximum atomic E-state index is 11.9. The van der Waals surface area contributed by atoms with Gasteiger partial charge in [-0.25, -0.2) is 5.43 Å². The molecule has 0 aliphatic rings. The highest BCUT2D eigenvalue weighted by atomic mass is 16.6. The van der Waals surface area contributed by atoms with Crippen molar-refractivity contribution in [2.75, 3.05) is 0 Å². The fraction of sp³-hybridized carbons (Fsp3) is 0.125. The van der Waals surface area contributed by atoms with E-state index in [0.29, 0.717) is 11.1 Å². The van der Waals surface area contributed by atoms with Crippen molar-refractivity contribution < 1.29 is 14.8 Å². The van der Waals surface area contributed by atoms with E-state index in [0.717, 1.165) is 5.56 Å². The van der Waals surface area contributed by atoms with Crippen LogP contribution >= 0.6 is 0 Å². The Hall–Kier alpha value is -3.22. The minimum Gasteiger partial charge on any atom is -0.507 e. The summed E-state index contributed by atoms with van der Waals surface area (Å²) in [7, 11) is 0. The van der Waals surface area contributed by atoms with Gasteiger partial charge in [-0.2, -0.15) is 5.10 Å². The van der Waals surface area contributed by atoms with E-state index in [4.69, 9.17) is 0 Å². The number of phenols is 1. The summed E-state index contributed by atoms with van der Waals surface area (Å²) in [5, 5.41) is 24.2. The maximum absolute atomic E-state index is 11.9. The molecule has 7 heteroatoms. The lowest BCUT2D eigenvalue weighted by Gasteiger charge is -2.04. The molecule has 0 saturated heterocycles. The van der Waals surface area contributed by atoms with Crippen molar-refractivity contribution in [2.24, 2.45) is 5.10 Å². The van der Waals surface area contributed by atoms with Gasteiger partial charge in [0.15, 0.2) is 0 Å². The molecule has 2 aromatic rings. The summed E-state index contributed by atoms with van der Waals surface area (Å²) < 4.78 is 0. The smallest absolute Gasteiger partial charge is 0.271 e. The molecule has 0 aliphatic carbocycles. The minimum atomic E-state index is -0.567. The topological polar surface area (TPSA) is 105 Å². The normalized spacial score (nSPS) is 10.7. The number of rotatable bonds is 4. The van der Waals surface area contributed by atoms with E-state index in [1.807, 2.05) is 0 Å². The Morgan fingerprint density at radius 2 is 1.91 bits per heavy atom. The highest BCUT2D eigenvalue weighted by molar-refractivity contribution is 5.95. The van der Waals surface area contributed by atoms with E-state index in [2.05, 4.69) is 10.5 Å². The summed E-state index contributed by atoms with van der Waals surface area (Å²) in [4.78, 5) is 22.0. The van der Waals surface area contributed by atoms with Gasteiger partial charge in [-0.15, -0.1) is 0 Å². The molecule has 2 rings (SSSR count). The summed E-state index contributed by atoms with van der Waals surface area (Å²) in [6.07, 6.45) is 1.44. The number of nitro groups is 1. The van der Waals surface area contributed by atoms with Crippen LogP contribution in [0.4, 0.5) is 5.69 Å². The number of carbonyl (C=O) groups excluding carboxylic acids is 1. The summed E-state index contributed by atoms with van der Waals surface area (Å²) in [5.74, 6) is -0.319. The third-order valence-corrected chi connectivity index (χ3v) is 3.21. The number of non-ortho nitro benzene ring substituents is 1. The van der Waals surface area contributed by atoms with Gasteiger partial charge >= 0.3 is 0 Å². The number of carbonyl (C=O) groups is 1. The number of aromatic hydroxyl groups is 1. The van der Waals surface area contributed by atoms with E-state index in [1.54, 1.807) is 26.0 Å². The Bertz CT molecular complexity index is 777. The van der Waals surface area contributed by atoms with Crippen LogP contribution in [-0.4, -0.2) is 22.2 Å². The Labute approximate surface area is 132 Å². The van der Waals surface area contributed by atoms with Crippen LogP contribution in [0.5, 0.6) is 5.75 Å². The largest absolute Gasteiger partial charge is 0.507 e. The first-order valence-electron chi connectivity index (χ1n) is 6.76. The summed E-state index contributed by atoms with van der Waals surface area (Å²) in [6, 6.07) is 8.84. The fourth-order valence-corrected chi connectivity index (χ4v) is 2.05. The van der Waals surface area contributed by atoms with Crippen LogP contribution in [0, 0.1) is 24.0 Å². The fourth-order valence-electron chi connectivity index (χ4n) is 2.05. The first-order chi connectivity index (χ1) is 10.9. The third kappa shape index (κ3) is 3.91. The molecule has 1 amide bonds. The molecule has 0 bridgehead atoms. The van der Waals surface area contributed by atoms with Gasteiger partial charge in [-0.1, -0.05) is 6.07 Å². The lowest BCUT2D eigenvalue weighted by atomic mass is 10.1. The second-order valence-corrected chi connectivity index (χ2v) is 5.01. The van der Waals surface area contributed by atoms with Crippen LogP contribution in [-0.2, 0) is 0 Å². The molecule has 0 saturated carbocycles. The summed E-state index contributed by atoms with van der Waals surface area (Å²) >= 11 is 0. The molecular formula is C16H15N3O4. The summed E-state index contributed by atoms with van der Waals surface area (Å²) in [5.41, 5.74) is 4.43. The molecule has 2 N–H and O–H groups in total. The van der Waals surface area contributed by atoms with E-state index in [1.165, 1.54) is 30.5 Å². The monoisotopic (exact) mass is 313 g/mol. The van der Waals surface area contributed by atoms with Crippen LogP contribution in [0.1, 0.15) is 27.0 Å². The average molecular weight is 313 g/mol. The molecule has 0 spiro atoms. The van der Waals surface area contributed by atoms with E-state index in [9.17, 15) is 20.0 Å². The van der Waals surface area contributed by atoms with Gasteiger partial charge in [-0.3, -0.25) is 14.9 Å². The minimum absolute atomic E-state index is 0.148. The Kier molecular flexibility index (Phi) is 4.70. The van der Waals surface area contributed by atoms with Crippen molar-refractivity contribution in [3.05, 3.63) is 68.8 Å². The van der Waals surface area contributed by atoms with E-state index in [-0.39, 0.29) is 17.0 Å². The number of nitrogens with one attached hydrogen (secondary N) is 1. The van der Waals surface area contributed by atoms with Crippen molar-refractivity contribution >= 4 is 17.8 Å². The molecule has 0 aromatic heterocycles. The number of aryl methyl sites for hydroxylation is 2. The second-order valence-electron chi connectivity index (χ2n) is 5.01. The van der Waals surface area contributed by atoms with Gasteiger partial charge in [0.2, 0.25) is 0 Å². The number of nitrogens with zero attached hydrogens (tertiary/aromatic N) is 2. The lowest BCUT2D eigenvalue weighted by Crippen LogP contribution is -2.17. The molecule has 0 aliphatic heterocycles. The first-order valence-corrected chi connectivity index (χ1v) is 6.76. The lowest BCUT2D eigenvalue weighted by molar-refractivity contribution is -0.384. The van der Waals surface area contributed by atoms with Crippen LogP contribution < -0.4 is 5.43 Å². The van der Waals surface area contributed by atoms with Crippen molar-refractivity contribution in [1.29, 1.82) is 0 Å². The van der Waals surface area contributed by atoms with Crippen molar-refractivity contribution in [3.8, 4) is 5.75 Å². The number of benzene rings is 2. The predicted octanol–water partition coefficient (Wildman–Crippen LogP) is 2.68. The highest BCUT2D eigenvalue weighted by Gasteiger charge is 2.10. The highest BCUT2D eigenvalue weighted by Crippen LogP contribution is 2.22. The van der Waals surface area contributed by atoms with Gasteiger partial charge in [0.25, 0.3) is 11.6 Å². The Morgan fingerprint density at radius 1 is 1.26 bits per heavy atom. The molecule has 0 atom stereocenters. The SMILES string of the molecule is Cc1cc(/C=N/NC(=O)c2cccc([N+](=O)[O-])c2)cc(C)c1O. The standard InChI is InChI=1S/C16H15N3O4/c1-10-6-12(7-11(2)15(10)20)9-17-18-16(21)13-4-3-5-14(8-13)19(22)23/h3-9,20H,1-2H3,(H,18,21)/b17-9+. The molecule has 0 fully saturated rings. The van der Waals surface area contributed by atoms with Crippen LogP contribution in [0.3, 0.4) is 0 Å². The zero-order chi connectivity index (χ0) is 17.0. The van der Waals surface area contributed by atoms with Crippen LogP contribution in [0.2, 0.25) is 0 Å². The van der Waals surface area contributed by atoms with Gasteiger partial charge in [0.05, 0.1) is 11.1 Å². The quantitative estimate of drug-likeness (QED) is 0.514. The molecule has 0 radical (unpaired) electrons. The number of nitro benzene ring substituents is 1. The van der Waals surface area contributed by atoms with Crippen molar-refractivity contribution in [3.63, 3.8) is 0 Å².